The van der Waals surface area contributed by atoms with Crippen molar-refractivity contribution in [2.45, 2.75) is 128 Å². The van der Waals surface area contributed by atoms with Crippen LogP contribution in [0.25, 0.3) is 0 Å². The van der Waals surface area contributed by atoms with E-state index in [9.17, 15) is 0 Å². The highest BCUT2D eigenvalue weighted by Gasteiger charge is 2.00. The lowest BCUT2D eigenvalue weighted by Gasteiger charge is -2.09. The highest BCUT2D eigenvalue weighted by Crippen LogP contribution is 2.20. The summed E-state index contributed by atoms with van der Waals surface area (Å²) in [6, 6.07) is 0. The molecule has 0 aliphatic heterocycles. The van der Waals surface area contributed by atoms with Gasteiger partial charge in [0.25, 0.3) is 0 Å². The monoisotopic (exact) mass is 386 g/mol. The molecule has 0 amide bonds. The second-order valence-electron chi connectivity index (χ2n) is 8.33. The van der Waals surface area contributed by atoms with E-state index in [0.29, 0.717) is 0 Å². The Morgan fingerprint density at radius 1 is 0.393 bits per heavy atom. The topological polar surface area (TPSA) is 0 Å². The standard InChI is InChI=1S/C28H50/c1-4-7-10-13-15-16-17-18-21-24-27-28(25-22-19-12-9-6-3)26-23-20-14-11-8-5-2/h4-6,25H,1-3,7-24,26-27H2. The van der Waals surface area contributed by atoms with Crippen molar-refractivity contribution in [3.05, 3.63) is 49.6 Å². The first kappa shape index (κ1) is 27.0. The maximum Gasteiger partial charge on any atom is -0.0320 e. The maximum atomic E-state index is 3.83. The van der Waals surface area contributed by atoms with Crippen molar-refractivity contribution < 1.29 is 0 Å². The minimum absolute atomic E-state index is 1.17. The van der Waals surface area contributed by atoms with Crippen LogP contribution in [0.4, 0.5) is 0 Å². The highest BCUT2D eigenvalue weighted by molar-refractivity contribution is 5.02. The molecule has 0 radical (unpaired) electrons. The van der Waals surface area contributed by atoms with E-state index in [0.717, 1.165) is 0 Å². The first-order valence-electron chi connectivity index (χ1n) is 12.4. The Hall–Kier alpha value is -1.04. The largest absolute Gasteiger partial charge is 0.103 e. The minimum Gasteiger partial charge on any atom is -0.103 e. The molecule has 0 nitrogen and oxygen atoms in total. The molecule has 0 heteroatoms. The first-order chi connectivity index (χ1) is 13.8. The zero-order chi connectivity index (χ0) is 20.5. The van der Waals surface area contributed by atoms with E-state index in [1.54, 1.807) is 5.57 Å². The van der Waals surface area contributed by atoms with Gasteiger partial charge in [0.2, 0.25) is 0 Å². The van der Waals surface area contributed by atoms with Gasteiger partial charge in [0.05, 0.1) is 0 Å². The average Bonchev–Trinajstić information content (AvgIpc) is 2.71. The van der Waals surface area contributed by atoms with Crippen LogP contribution in [0.15, 0.2) is 49.6 Å². The van der Waals surface area contributed by atoms with Crippen molar-refractivity contribution in [1.82, 2.24) is 0 Å². The van der Waals surface area contributed by atoms with E-state index in [-0.39, 0.29) is 0 Å². The lowest BCUT2D eigenvalue weighted by molar-refractivity contribution is 0.563. The van der Waals surface area contributed by atoms with Crippen molar-refractivity contribution in [1.29, 1.82) is 0 Å². The van der Waals surface area contributed by atoms with Gasteiger partial charge in [-0.1, -0.05) is 81.2 Å². The van der Waals surface area contributed by atoms with E-state index in [1.165, 1.54) is 128 Å². The molecule has 0 saturated carbocycles. The van der Waals surface area contributed by atoms with Gasteiger partial charge in [0, 0.05) is 0 Å². The summed E-state index contributed by atoms with van der Waals surface area (Å²) >= 11 is 0. The van der Waals surface area contributed by atoms with Gasteiger partial charge < -0.3 is 0 Å². The molecule has 0 unspecified atom stereocenters. The fourth-order valence-electron chi connectivity index (χ4n) is 3.76. The maximum absolute atomic E-state index is 3.83. The molecule has 0 N–H and O–H groups in total. The lowest BCUT2D eigenvalue weighted by atomic mass is 9.98. The van der Waals surface area contributed by atoms with Gasteiger partial charge >= 0.3 is 0 Å². The summed E-state index contributed by atoms with van der Waals surface area (Å²) in [5.41, 5.74) is 1.74. The van der Waals surface area contributed by atoms with E-state index in [2.05, 4.69) is 31.9 Å². The van der Waals surface area contributed by atoms with Crippen LogP contribution < -0.4 is 0 Å². The zero-order valence-corrected chi connectivity index (χ0v) is 19.1. The second-order valence-corrected chi connectivity index (χ2v) is 8.33. The van der Waals surface area contributed by atoms with Gasteiger partial charge in [0.15, 0.2) is 0 Å². The van der Waals surface area contributed by atoms with Crippen molar-refractivity contribution in [3.63, 3.8) is 0 Å². The van der Waals surface area contributed by atoms with Crippen LogP contribution in [0.1, 0.15) is 128 Å². The summed E-state index contributed by atoms with van der Waals surface area (Å²) in [6.45, 7) is 11.4. The molecule has 28 heavy (non-hydrogen) atoms. The molecule has 162 valence electrons. The van der Waals surface area contributed by atoms with Gasteiger partial charge in [-0.2, -0.15) is 0 Å². The third-order valence-electron chi connectivity index (χ3n) is 5.61. The first-order valence-corrected chi connectivity index (χ1v) is 12.4. The molecular weight excluding hydrogens is 336 g/mol. The quantitative estimate of drug-likeness (QED) is 0.121. The van der Waals surface area contributed by atoms with Crippen LogP contribution in [0.2, 0.25) is 0 Å². The Balaban J connectivity index is 3.85. The van der Waals surface area contributed by atoms with Crippen LogP contribution in [-0.2, 0) is 0 Å². The van der Waals surface area contributed by atoms with Crippen LogP contribution in [0.5, 0.6) is 0 Å². The van der Waals surface area contributed by atoms with Gasteiger partial charge in [-0.15, -0.1) is 19.7 Å². The second kappa shape index (κ2) is 24.0. The summed E-state index contributed by atoms with van der Waals surface area (Å²) in [6.07, 6.45) is 35.5. The van der Waals surface area contributed by atoms with Crippen LogP contribution in [0, 0.1) is 0 Å². The van der Waals surface area contributed by atoms with E-state index in [4.69, 9.17) is 0 Å². The molecule has 0 rings (SSSR count). The van der Waals surface area contributed by atoms with Crippen LogP contribution in [-0.4, -0.2) is 0 Å². The molecule has 0 aromatic heterocycles. The molecular formula is C28H50. The average molecular weight is 387 g/mol. The highest BCUT2D eigenvalue weighted by atomic mass is 14.1. The summed E-state index contributed by atoms with van der Waals surface area (Å²) < 4.78 is 0. The molecule has 0 atom stereocenters. The summed E-state index contributed by atoms with van der Waals surface area (Å²) in [4.78, 5) is 0. The van der Waals surface area contributed by atoms with E-state index in [1.807, 2.05) is 12.2 Å². The Kier molecular flexibility index (Phi) is 23.1. The Morgan fingerprint density at radius 2 is 0.714 bits per heavy atom. The third kappa shape index (κ3) is 21.3. The predicted molar refractivity (Wildman–Crippen MR) is 131 cm³/mol. The van der Waals surface area contributed by atoms with Crippen molar-refractivity contribution in [3.8, 4) is 0 Å². The molecule has 0 saturated heterocycles. The smallest absolute Gasteiger partial charge is 0.0320 e. The van der Waals surface area contributed by atoms with Crippen molar-refractivity contribution in [2.75, 3.05) is 0 Å². The lowest BCUT2D eigenvalue weighted by Crippen LogP contribution is -1.89. The number of unbranched alkanes of at least 4 members (excludes halogenated alkanes) is 15. The summed E-state index contributed by atoms with van der Waals surface area (Å²) in [5, 5.41) is 0. The van der Waals surface area contributed by atoms with Crippen LogP contribution in [0.3, 0.4) is 0 Å². The van der Waals surface area contributed by atoms with Crippen LogP contribution >= 0.6 is 0 Å². The zero-order valence-electron chi connectivity index (χ0n) is 19.1. The molecule has 0 bridgehead atoms. The van der Waals surface area contributed by atoms with Gasteiger partial charge in [0.1, 0.15) is 0 Å². The van der Waals surface area contributed by atoms with Gasteiger partial charge in [-0.3, -0.25) is 0 Å². The van der Waals surface area contributed by atoms with Gasteiger partial charge in [-0.05, 0) is 77.0 Å². The van der Waals surface area contributed by atoms with Gasteiger partial charge in [-0.25, -0.2) is 0 Å². The van der Waals surface area contributed by atoms with Crippen molar-refractivity contribution >= 4 is 0 Å². The third-order valence-corrected chi connectivity index (χ3v) is 5.61. The summed E-state index contributed by atoms with van der Waals surface area (Å²) in [7, 11) is 0. The summed E-state index contributed by atoms with van der Waals surface area (Å²) in [5.74, 6) is 0. The Bertz CT molecular complexity index is 373. The minimum atomic E-state index is 1.17. The molecule has 0 aromatic carbocycles. The molecule has 0 aromatic rings. The number of allylic oxidation sites excluding steroid dienone is 5. The number of hydrogen-bond donors (Lipinski definition) is 0. The fourth-order valence-corrected chi connectivity index (χ4v) is 3.76. The predicted octanol–water partition coefficient (Wildman–Crippen LogP) is 10.3. The molecule has 0 aliphatic carbocycles. The molecule has 0 aliphatic rings. The fraction of sp³-hybridized carbons (Fsp3) is 0.714. The normalized spacial score (nSPS) is 11.5. The Labute approximate surface area is 178 Å². The van der Waals surface area contributed by atoms with E-state index >= 15 is 0 Å². The van der Waals surface area contributed by atoms with Crippen molar-refractivity contribution in [2.24, 2.45) is 0 Å². The molecule has 0 heterocycles. The molecule has 0 fully saturated rings. The number of rotatable bonds is 23. The SMILES string of the molecule is C=CCCCCC=C(CCCCCCC=C)CCCCCCCCCCC=C. The molecule has 0 spiro atoms. The Morgan fingerprint density at radius 3 is 1.14 bits per heavy atom. The number of hydrogen-bond acceptors (Lipinski definition) is 0. The van der Waals surface area contributed by atoms with E-state index < -0.39 is 0 Å².